The van der Waals surface area contributed by atoms with E-state index in [2.05, 4.69) is 19.0 Å². The highest BCUT2D eigenvalue weighted by Gasteiger charge is 2.49. The third-order valence-corrected chi connectivity index (χ3v) is 5.10. The second-order valence-electron chi connectivity index (χ2n) is 7.15. The van der Waals surface area contributed by atoms with E-state index in [0.29, 0.717) is 18.8 Å². The zero-order valence-electron chi connectivity index (χ0n) is 14.2. The number of hydrogen-bond acceptors (Lipinski definition) is 4. The van der Waals surface area contributed by atoms with Crippen molar-refractivity contribution >= 4 is 11.8 Å². The number of nitrogens with zero attached hydrogens (tertiary/aromatic N) is 3. The molecule has 0 aromatic carbocycles. The number of carbonyl (C=O) groups is 2. The number of rotatable bonds is 3. The van der Waals surface area contributed by atoms with Gasteiger partial charge in [-0.05, 0) is 40.0 Å². The number of aromatic nitrogens is 1. The SMILES string of the molecule is Cc1cc(CC(=O)N2CC[C@@]3(CCCN(C(C)C)C3=O)C2)on1. The van der Waals surface area contributed by atoms with Gasteiger partial charge in [-0.2, -0.15) is 0 Å². The first-order chi connectivity index (χ1) is 10.9. The molecule has 23 heavy (non-hydrogen) atoms. The summed E-state index contributed by atoms with van der Waals surface area (Å²) in [5, 5.41) is 3.81. The smallest absolute Gasteiger partial charge is 0.230 e. The zero-order valence-corrected chi connectivity index (χ0v) is 14.2. The average Bonchev–Trinajstić information content (AvgIpc) is 3.09. The molecule has 126 valence electrons. The lowest BCUT2D eigenvalue weighted by Crippen LogP contribution is -2.52. The van der Waals surface area contributed by atoms with E-state index in [9.17, 15) is 9.59 Å². The first-order valence-corrected chi connectivity index (χ1v) is 8.42. The van der Waals surface area contributed by atoms with Gasteiger partial charge in [0, 0.05) is 31.7 Å². The fraction of sp³-hybridized carbons (Fsp3) is 0.706. The number of piperidine rings is 1. The minimum absolute atomic E-state index is 0.0208. The van der Waals surface area contributed by atoms with Crippen molar-refractivity contribution in [1.82, 2.24) is 15.0 Å². The Bertz CT molecular complexity index is 610. The second kappa shape index (κ2) is 5.98. The summed E-state index contributed by atoms with van der Waals surface area (Å²) in [7, 11) is 0. The van der Waals surface area contributed by atoms with E-state index in [1.165, 1.54) is 0 Å². The molecular formula is C17H25N3O3. The third-order valence-electron chi connectivity index (χ3n) is 5.10. The van der Waals surface area contributed by atoms with Crippen molar-refractivity contribution in [1.29, 1.82) is 0 Å². The average molecular weight is 319 g/mol. The summed E-state index contributed by atoms with van der Waals surface area (Å²) >= 11 is 0. The molecule has 2 saturated heterocycles. The molecule has 1 spiro atoms. The van der Waals surface area contributed by atoms with E-state index in [0.717, 1.165) is 31.5 Å². The molecular weight excluding hydrogens is 294 g/mol. The van der Waals surface area contributed by atoms with Gasteiger partial charge >= 0.3 is 0 Å². The molecule has 1 aromatic rings. The maximum atomic E-state index is 12.9. The van der Waals surface area contributed by atoms with Crippen molar-refractivity contribution in [2.45, 2.75) is 52.5 Å². The largest absolute Gasteiger partial charge is 0.361 e. The molecule has 6 nitrogen and oxygen atoms in total. The summed E-state index contributed by atoms with van der Waals surface area (Å²) in [6, 6.07) is 2.01. The van der Waals surface area contributed by atoms with Crippen LogP contribution in [0.5, 0.6) is 0 Å². The van der Waals surface area contributed by atoms with Crippen LogP contribution in [-0.2, 0) is 16.0 Å². The van der Waals surface area contributed by atoms with Gasteiger partial charge in [0.25, 0.3) is 0 Å². The standard InChI is InChI=1S/C17H25N3O3/c1-12(2)20-7-4-5-17(16(20)22)6-8-19(11-17)15(21)10-14-9-13(3)18-23-14/h9,12H,4-8,10-11H2,1-3H3/t17-/m0/s1. The molecule has 0 unspecified atom stereocenters. The highest BCUT2D eigenvalue weighted by molar-refractivity contribution is 5.86. The van der Waals surface area contributed by atoms with Crippen LogP contribution >= 0.6 is 0 Å². The van der Waals surface area contributed by atoms with Crippen LogP contribution in [0.4, 0.5) is 0 Å². The molecule has 2 aliphatic heterocycles. The number of amides is 2. The molecule has 3 heterocycles. The fourth-order valence-electron chi connectivity index (χ4n) is 3.82. The van der Waals surface area contributed by atoms with E-state index in [-0.39, 0.29) is 29.7 Å². The van der Waals surface area contributed by atoms with Crippen molar-refractivity contribution in [3.63, 3.8) is 0 Å². The van der Waals surface area contributed by atoms with E-state index in [4.69, 9.17) is 4.52 Å². The Morgan fingerprint density at radius 2 is 2.17 bits per heavy atom. The summed E-state index contributed by atoms with van der Waals surface area (Å²) in [5.74, 6) is 0.837. The highest BCUT2D eigenvalue weighted by Crippen LogP contribution is 2.40. The van der Waals surface area contributed by atoms with Crippen LogP contribution in [0.1, 0.15) is 44.6 Å². The summed E-state index contributed by atoms with van der Waals surface area (Å²) in [4.78, 5) is 29.2. The number of aryl methyl sites for hydroxylation is 1. The Balaban J connectivity index is 1.67. The molecule has 0 N–H and O–H groups in total. The van der Waals surface area contributed by atoms with Gasteiger partial charge in [-0.3, -0.25) is 9.59 Å². The van der Waals surface area contributed by atoms with E-state index < -0.39 is 0 Å². The summed E-state index contributed by atoms with van der Waals surface area (Å²) < 4.78 is 5.13. The number of likely N-dealkylation sites (tertiary alicyclic amines) is 2. The first kappa shape index (κ1) is 16.0. The second-order valence-corrected chi connectivity index (χ2v) is 7.15. The number of hydrogen-bond donors (Lipinski definition) is 0. The first-order valence-electron chi connectivity index (χ1n) is 8.42. The lowest BCUT2D eigenvalue weighted by Gasteiger charge is -2.41. The van der Waals surface area contributed by atoms with Gasteiger partial charge < -0.3 is 14.3 Å². The van der Waals surface area contributed by atoms with Crippen LogP contribution in [0, 0.1) is 12.3 Å². The molecule has 2 aliphatic rings. The summed E-state index contributed by atoms with van der Waals surface area (Å²) in [5.41, 5.74) is 0.413. The maximum absolute atomic E-state index is 12.9. The molecule has 1 aromatic heterocycles. The summed E-state index contributed by atoms with van der Waals surface area (Å²) in [6.07, 6.45) is 2.91. The molecule has 3 rings (SSSR count). The molecule has 0 bridgehead atoms. The molecule has 0 saturated carbocycles. The Kier molecular flexibility index (Phi) is 4.17. The molecule has 2 fully saturated rings. The third kappa shape index (κ3) is 2.99. The van der Waals surface area contributed by atoms with Gasteiger partial charge in [0.2, 0.25) is 11.8 Å². The van der Waals surface area contributed by atoms with Crippen LogP contribution < -0.4 is 0 Å². The Morgan fingerprint density at radius 1 is 1.39 bits per heavy atom. The van der Waals surface area contributed by atoms with Crippen molar-refractivity contribution in [3.05, 3.63) is 17.5 Å². The molecule has 0 aliphatic carbocycles. The van der Waals surface area contributed by atoms with E-state index in [1.54, 1.807) is 6.07 Å². The Hall–Kier alpha value is -1.85. The lowest BCUT2D eigenvalue weighted by molar-refractivity contribution is -0.148. The minimum atomic E-state index is -0.366. The van der Waals surface area contributed by atoms with Crippen LogP contribution in [-0.4, -0.2) is 52.4 Å². The Morgan fingerprint density at radius 3 is 2.83 bits per heavy atom. The molecule has 1 atom stereocenters. The lowest BCUT2D eigenvalue weighted by atomic mass is 9.78. The summed E-state index contributed by atoms with van der Waals surface area (Å²) in [6.45, 7) is 7.99. The van der Waals surface area contributed by atoms with E-state index in [1.807, 2.05) is 16.7 Å². The zero-order chi connectivity index (χ0) is 16.6. The highest BCUT2D eigenvalue weighted by atomic mass is 16.5. The maximum Gasteiger partial charge on any atom is 0.230 e. The van der Waals surface area contributed by atoms with Gasteiger partial charge in [-0.15, -0.1) is 0 Å². The van der Waals surface area contributed by atoms with Crippen LogP contribution in [0.25, 0.3) is 0 Å². The van der Waals surface area contributed by atoms with E-state index >= 15 is 0 Å². The van der Waals surface area contributed by atoms with Gasteiger partial charge in [-0.25, -0.2) is 0 Å². The Labute approximate surface area is 136 Å². The van der Waals surface area contributed by atoms with Crippen LogP contribution in [0.15, 0.2) is 10.6 Å². The normalized spacial score (nSPS) is 25.0. The fourth-order valence-corrected chi connectivity index (χ4v) is 3.82. The van der Waals surface area contributed by atoms with Crippen LogP contribution in [0.3, 0.4) is 0 Å². The predicted molar refractivity (Wildman–Crippen MR) is 84.7 cm³/mol. The topological polar surface area (TPSA) is 66.7 Å². The predicted octanol–water partition coefficient (Wildman–Crippen LogP) is 1.78. The van der Waals surface area contributed by atoms with Crippen molar-refractivity contribution < 1.29 is 14.1 Å². The van der Waals surface area contributed by atoms with Crippen molar-refractivity contribution in [2.75, 3.05) is 19.6 Å². The molecule has 0 radical (unpaired) electrons. The monoisotopic (exact) mass is 319 g/mol. The number of carbonyl (C=O) groups excluding carboxylic acids is 2. The molecule has 2 amide bonds. The molecule has 6 heteroatoms. The van der Waals surface area contributed by atoms with Crippen molar-refractivity contribution in [2.24, 2.45) is 5.41 Å². The minimum Gasteiger partial charge on any atom is -0.361 e. The van der Waals surface area contributed by atoms with Gasteiger partial charge in [0.1, 0.15) is 5.76 Å². The van der Waals surface area contributed by atoms with Crippen LogP contribution in [0.2, 0.25) is 0 Å². The van der Waals surface area contributed by atoms with Gasteiger partial charge in [0.15, 0.2) is 0 Å². The van der Waals surface area contributed by atoms with Crippen molar-refractivity contribution in [3.8, 4) is 0 Å². The van der Waals surface area contributed by atoms with Gasteiger partial charge in [-0.1, -0.05) is 5.16 Å². The quantitative estimate of drug-likeness (QED) is 0.851. The van der Waals surface area contributed by atoms with Gasteiger partial charge in [0.05, 0.1) is 17.5 Å².